The topological polar surface area (TPSA) is 50.7 Å². The van der Waals surface area contributed by atoms with Crippen LogP contribution in [0, 0.1) is 0 Å². The summed E-state index contributed by atoms with van der Waals surface area (Å²) in [6.45, 7) is 4.69. The Labute approximate surface area is 80.2 Å². The summed E-state index contributed by atoms with van der Waals surface area (Å²) in [5, 5.41) is 12.3. The smallest absolute Gasteiger partial charge is 0.169 e. The third-order valence-corrected chi connectivity index (χ3v) is 2.35. The van der Waals surface area contributed by atoms with Crippen molar-refractivity contribution in [3.05, 3.63) is 0 Å². The molecule has 0 aliphatic carbocycles. The first kappa shape index (κ1) is 12.8. The molecule has 80 valence electrons. The molecule has 0 aliphatic rings. The van der Waals surface area contributed by atoms with Crippen molar-refractivity contribution < 1.29 is 14.6 Å². The largest absolute Gasteiger partial charge is 0.394 e. The molecule has 0 aromatic rings. The molecular weight excluding hydrogens is 170 g/mol. The number of rotatable bonds is 7. The molecule has 0 aromatic carbocycles. The van der Waals surface area contributed by atoms with Crippen molar-refractivity contribution in [1.29, 1.82) is 0 Å². The van der Waals surface area contributed by atoms with Crippen molar-refractivity contribution in [3.63, 3.8) is 0 Å². The van der Waals surface area contributed by atoms with E-state index in [1.165, 1.54) is 0 Å². The monoisotopic (exact) mass is 191 g/mol. The average Bonchev–Trinajstić information content (AvgIpc) is 2.19. The zero-order valence-electron chi connectivity index (χ0n) is 8.96. The second-order valence-electron chi connectivity index (χ2n) is 3.35. The van der Waals surface area contributed by atoms with E-state index in [0.29, 0.717) is 6.54 Å². The molecular formula is C9H21NO3. The summed E-state index contributed by atoms with van der Waals surface area (Å²) in [6, 6.07) is 0. The molecule has 0 radical (unpaired) electrons. The van der Waals surface area contributed by atoms with E-state index in [4.69, 9.17) is 14.6 Å². The molecule has 0 saturated heterocycles. The van der Waals surface area contributed by atoms with Crippen LogP contribution in [0.3, 0.4) is 0 Å². The number of aliphatic hydroxyl groups excluding tert-OH is 1. The van der Waals surface area contributed by atoms with E-state index in [1.807, 2.05) is 13.8 Å². The maximum Gasteiger partial charge on any atom is 0.169 e. The highest BCUT2D eigenvalue weighted by Crippen LogP contribution is 2.07. The minimum Gasteiger partial charge on any atom is -0.394 e. The molecule has 13 heavy (non-hydrogen) atoms. The van der Waals surface area contributed by atoms with Crippen LogP contribution in [0.5, 0.6) is 0 Å². The van der Waals surface area contributed by atoms with Crippen LogP contribution in [-0.4, -0.2) is 44.3 Å². The molecule has 0 spiro atoms. The molecule has 1 atom stereocenters. The fourth-order valence-electron chi connectivity index (χ4n) is 0.885. The lowest BCUT2D eigenvalue weighted by molar-refractivity contribution is -0.103. The second kappa shape index (κ2) is 6.32. The first-order valence-corrected chi connectivity index (χ1v) is 4.53. The summed E-state index contributed by atoms with van der Waals surface area (Å²) in [7, 11) is 3.19. The normalized spacial score (nSPS) is 16.2. The van der Waals surface area contributed by atoms with Gasteiger partial charge in [-0.25, -0.2) is 0 Å². The molecule has 0 fully saturated rings. The predicted molar refractivity (Wildman–Crippen MR) is 51.6 cm³/mol. The Kier molecular flexibility index (Phi) is 6.24. The van der Waals surface area contributed by atoms with Crippen molar-refractivity contribution in [2.45, 2.75) is 32.1 Å². The zero-order chi connectivity index (χ0) is 10.3. The van der Waals surface area contributed by atoms with E-state index < -0.39 is 0 Å². The molecule has 0 saturated carbocycles. The molecule has 2 N–H and O–H groups in total. The minimum atomic E-state index is -0.252. The van der Waals surface area contributed by atoms with Crippen LogP contribution in [0.4, 0.5) is 0 Å². The van der Waals surface area contributed by atoms with Crippen LogP contribution in [0.15, 0.2) is 0 Å². The van der Waals surface area contributed by atoms with Crippen molar-refractivity contribution in [2.75, 3.05) is 27.4 Å². The maximum absolute atomic E-state index is 9.10. The van der Waals surface area contributed by atoms with Gasteiger partial charge in [-0.15, -0.1) is 0 Å². The van der Waals surface area contributed by atoms with Gasteiger partial charge in [-0.1, -0.05) is 6.92 Å². The van der Waals surface area contributed by atoms with E-state index in [1.54, 1.807) is 14.2 Å². The van der Waals surface area contributed by atoms with Crippen molar-refractivity contribution in [3.8, 4) is 0 Å². The quantitative estimate of drug-likeness (QED) is 0.570. The summed E-state index contributed by atoms with van der Waals surface area (Å²) in [6.07, 6.45) is 0.612. The molecule has 0 amide bonds. The Morgan fingerprint density at radius 1 is 1.38 bits per heavy atom. The fourth-order valence-corrected chi connectivity index (χ4v) is 0.885. The Hall–Kier alpha value is -0.160. The summed E-state index contributed by atoms with van der Waals surface area (Å²) < 4.78 is 10.0. The number of hydrogen-bond donors (Lipinski definition) is 2. The molecule has 0 rings (SSSR count). The van der Waals surface area contributed by atoms with E-state index >= 15 is 0 Å². The van der Waals surface area contributed by atoms with Gasteiger partial charge in [0.15, 0.2) is 6.29 Å². The van der Waals surface area contributed by atoms with Crippen LogP contribution in [0.1, 0.15) is 20.3 Å². The van der Waals surface area contributed by atoms with Crippen molar-refractivity contribution in [2.24, 2.45) is 0 Å². The average molecular weight is 191 g/mol. The second-order valence-corrected chi connectivity index (χ2v) is 3.35. The Balaban J connectivity index is 3.83. The zero-order valence-corrected chi connectivity index (χ0v) is 8.96. The number of nitrogens with one attached hydrogen (secondary N) is 1. The highest BCUT2D eigenvalue weighted by atomic mass is 16.7. The lowest BCUT2D eigenvalue weighted by atomic mass is 10.0. The number of aliphatic hydroxyl groups is 1. The molecule has 0 aromatic heterocycles. The van der Waals surface area contributed by atoms with Gasteiger partial charge in [0.05, 0.1) is 6.61 Å². The highest BCUT2D eigenvalue weighted by Gasteiger charge is 2.21. The lowest BCUT2D eigenvalue weighted by Crippen LogP contribution is -2.48. The Morgan fingerprint density at radius 3 is 2.23 bits per heavy atom. The van der Waals surface area contributed by atoms with Gasteiger partial charge >= 0.3 is 0 Å². The third kappa shape index (κ3) is 4.57. The number of ether oxygens (including phenoxy) is 2. The standard InChI is InChI=1S/C9H21NO3/c1-5-9(2,7-11)10-6-8(12-3)13-4/h8,10-11H,5-7H2,1-4H3. The van der Waals surface area contributed by atoms with E-state index in [2.05, 4.69) is 5.32 Å². The predicted octanol–water partition coefficient (Wildman–Crippen LogP) is 0.356. The molecule has 1 unspecified atom stereocenters. The van der Waals surface area contributed by atoms with Crippen LogP contribution >= 0.6 is 0 Å². The summed E-state index contributed by atoms with van der Waals surface area (Å²) in [5.41, 5.74) is -0.241. The van der Waals surface area contributed by atoms with Crippen LogP contribution in [0.25, 0.3) is 0 Å². The van der Waals surface area contributed by atoms with E-state index in [9.17, 15) is 0 Å². The summed E-state index contributed by atoms with van der Waals surface area (Å²) >= 11 is 0. The van der Waals surface area contributed by atoms with Gasteiger partial charge in [0.1, 0.15) is 0 Å². The number of hydrogen-bond acceptors (Lipinski definition) is 4. The van der Waals surface area contributed by atoms with Crippen molar-refractivity contribution in [1.82, 2.24) is 5.32 Å². The van der Waals surface area contributed by atoms with Gasteiger partial charge in [-0.2, -0.15) is 0 Å². The Morgan fingerprint density at radius 2 is 1.92 bits per heavy atom. The van der Waals surface area contributed by atoms with Gasteiger partial charge in [-0.05, 0) is 13.3 Å². The van der Waals surface area contributed by atoms with Gasteiger partial charge < -0.3 is 19.9 Å². The van der Waals surface area contributed by atoms with Gasteiger partial charge in [0, 0.05) is 26.3 Å². The lowest BCUT2D eigenvalue weighted by Gasteiger charge is -2.29. The van der Waals surface area contributed by atoms with Crippen molar-refractivity contribution >= 4 is 0 Å². The number of methoxy groups -OCH3 is 2. The first-order chi connectivity index (χ1) is 6.11. The highest BCUT2D eigenvalue weighted by molar-refractivity contribution is 4.80. The molecule has 4 heteroatoms. The van der Waals surface area contributed by atoms with Gasteiger partial charge in [0.2, 0.25) is 0 Å². The van der Waals surface area contributed by atoms with Gasteiger partial charge in [0.25, 0.3) is 0 Å². The summed E-state index contributed by atoms with van der Waals surface area (Å²) in [4.78, 5) is 0. The van der Waals surface area contributed by atoms with E-state index in [-0.39, 0.29) is 18.4 Å². The molecule has 0 aliphatic heterocycles. The molecule has 0 heterocycles. The third-order valence-electron chi connectivity index (χ3n) is 2.35. The first-order valence-electron chi connectivity index (χ1n) is 4.53. The molecule has 4 nitrogen and oxygen atoms in total. The fraction of sp³-hybridized carbons (Fsp3) is 1.00. The summed E-state index contributed by atoms with van der Waals surface area (Å²) in [5.74, 6) is 0. The Bertz CT molecular complexity index is 122. The molecule has 0 bridgehead atoms. The van der Waals surface area contributed by atoms with Gasteiger partial charge in [-0.3, -0.25) is 0 Å². The SMILES string of the molecule is CCC(C)(CO)NCC(OC)OC. The van der Waals surface area contributed by atoms with Crippen LogP contribution in [0.2, 0.25) is 0 Å². The minimum absolute atomic E-state index is 0.115. The maximum atomic E-state index is 9.10. The van der Waals surface area contributed by atoms with Crippen LogP contribution in [-0.2, 0) is 9.47 Å². The van der Waals surface area contributed by atoms with Crippen LogP contribution < -0.4 is 5.32 Å². The van der Waals surface area contributed by atoms with E-state index in [0.717, 1.165) is 6.42 Å².